The highest BCUT2D eigenvalue weighted by Crippen LogP contribution is 2.25. The fourth-order valence-electron chi connectivity index (χ4n) is 2.44. The summed E-state index contributed by atoms with van der Waals surface area (Å²) in [5, 5.41) is 2.82. The van der Waals surface area contributed by atoms with Gasteiger partial charge in [-0.25, -0.2) is 4.98 Å². The Hall–Kier alpha value is -2.73. The average Bonchev–Trinajstić information content (AvgIpc) is 3.22. The molecule has 0 fully saturated rings. The normalized spacial score (nSPS) is 11.8. The number of nitrogens with one attached hydrogen (secondary N) is 1. The number of carbonyl (C=O) groups excluding carboxylic acids is 1. The molecule has 1 amide bonds. The predicted molar refractivity (Wildman–Crippen MR) is 104 cm³/mol. The molecular weight excluding hydrogens is 346 g/mol. The first-order valence-electron chi connectivity index (χ1n) is 8.31. The van der Waals surface area contributed by atoms with Crippen LogP contribution in [0.25, 0.3) is 5.69 Å². The molecular formula is C20H21N3O2S. The van der Waals surface area contributed by atoms with Crippen molar-refractivity contribution in [3.63, 3.8) is 0 Å². The molecule has 1 heterocycles. The van der Waals surface area contributed by atoms with Gasteiger partial charge in [-0.2, -0.15) is 0 Å². The van der Waals surface area contributed by atoms with Crippen LogP contribution in [0.5, 0.6) is 5.75 Å². The molecule has 3 aromatic rings. The maximum Gasteiger partial charge on any atom is 0.233 e. The summed E-state index contributed by atoms with van der Waals surface area (Å²) in [6.45, 7) is 2.42. The van der Waals surface area contributed by atoms with Crippen LogP contribution in [0.4, 0.5) is 0 Å². The van der Waals surface area contributed by atoms with Gasteiger partial charge in [0, 0.05) is 29.5 Å². The van der Waals surface area contributed by atoms with Crippen LogP contribution in [0.15, 0.2) is 72.1 Å². The third-order valence-electron chi connectivity index (χ3n) is 3.95. The standard InChI is InChI=1S/C20H21N3O2S/c1-15(26-19-9-7-18(25-2)8-10-19)20(24)22-13-16-3-5-17(6-4-16)23-12-11-21-14-23/h3-12,14-15H,13H2,1-2H3,(H,22,24)/t15-/m0/s1. The molecule has 26 heavy (non-hydrogen) atoms. The summed E-state index contributed by atoms with van der Waals surface area (Å²) in [5.74, 6) is 0.829. The summed E-state index contributed by atoms with van der Waals surface area (Å²) < 4.78 is 7.09. The summed E-state index contributed by atoms with van der Waals surface area (Å²) in [6, 6.07) is 15.8. The largest absolute Gasteiger partial charge is 0.497 e. The van der Waals surface area contributed by atoms with E-state index in [1.54, 1.807) is 19.6 Å². The zero-order chi connectivity index (χ0) is 18.4. The van der Waals surface area contributed by atoms with E-state index in [4.69, 9.17) is 4.74 Å². The molecule has 0 aliphatic rings. The summed E-state index contributed by atoms with van der Waals surface area (Å²) >= 11 is 1.53. The molecule has 0 saturated carbocycles. The van der Waals surface area contributed by atoms with Crippen LogP contribution < -0.4 is 10.1 Å². The second-order valence-corrected chi connectivity index (χ2v) is 7.20. The monoisotopic (exact) mass is 367 g/mol. The van der Waals surface area contributed by atoms with Crippen molar-refractivity contribution in [2.24, 2.45) is 0 Å². The highest BCUT2D eigenvalue weighted by molar-refractivity contribution is 8.00. The van der Waals surface area contributed by atoms with Gasteiger partial charge in [0.1, 0.15) is 5.75 Å². The number of rotatable bonds is 7. The molecule has 2 aromatic carbocycles. The van der Waals surface area contributed by atoms with Gasteiger partial charge in [-0.15, -0.1) is 11.8 Å². The van der Waals surface area contributed by atoms with Gasteiger partial charge < -0.3 is 14.6 Å². The van der Waals surface area contributed by atoms with E-state index >= 15 is 0 Å². The van der Waals surface area contributed by atoms with Crippen molar-refractivity contribution in [1.82, 2.24) is 14.9 Å². The van der Waals surface area contributed by atoms with E-state index < -0.39 is 0 Å². The number of ether oxygens (including phenoxy) is 1. The first kappa shape index (κ1) is 18.1. The maximum absolute atomic E-state index is 12.3. The van der Waals surface area contributed by atoms with Crippen LogP contribution in [-0.2, 0) is 11.3 Å². The van der Waals surface area contributed by atoms with Gasteiger partial charge >= 0.3 is 0 Å². The van der Waals surface area contributed by atoms with Crippen molar-refractivity contribution in [3.8, 4) is 11.4 Å². The summed E-state index contributed by atoms with van der Waals surface area (Å²) in [4.78, 5) is 17.4. The number of methoxy groups -OCH3 is 1. The molecule has 0 aliphatic carbocycles. The third kappa shape index (κ3) is 4.67. The first-order valence-corrected chi connectivity index (χ1v) is 9.19. The number of aromatic nitrogens is 2. The van der Waals surface area contributed by atoms with Crippen molar-refractivity contribution in [1.29, 1.82) is 0 Å². The molecule has 0 radical (unpaired) electrons. The highest BCUT2D eigenvalue weighted by Gasteiger charge is 2.14. The molecule has 1 atom stereocenters. The lowest BCUT2D eigenvalue weighted by molar-refractivity contribution is -0.120. The minimum absolute atomic E-state index is 0.0181. The van der Waals surface area contributed by atoms with Crippen LogP contribution in [0.3, 0.4) is 0 Å². The van der Waals surface area contributed by atoms with Gasteiger partial charge in [0.15, 0.2) is 0 Å². The van der Waals surface area contributed by atoms with Gasteiger partial charge in [0.2, 0.25) is 5.91 Å². The first-order chi connectivity index (χ1) is 12.7. The summed E-state index contributed by atoms with van der Waals surface area (Å²) in [7, 11) is 1.64. The smallest absolute Gasteiger partial charge is 0.233 e. The Balaban J connectivity index is 1.51. The Morgan fingerprint density at radius 2 is 1.92 bits per heavy atom. The Labute approximate surface area is 157 Å². The highest BCUT2D eigenvalue weighted by atomic mass is 32.2. The molecule has 6 heteroatoms. The topological polar surface area (TPSA) is 56.1 Å². The SMILES string of the molecule is COc1ccc(S[C@@H](C)C(=O)NCc2ccc(-n3ccnc3)cc2)cc1. The number of benzene rings is 2. The van der Waals surface area contributed by atoms with Crippen LogP contribution in [0.1, 0.15) is 12.5 Å². The number of nitrogens with zero attached hydrogens (tertiary/aromatic N) is 2. The second-order valence-electron chi connectivity index (χ2n) is 5.79. The number of amides is 1. The zero-order valence-electron chi connectivity index (χ0n) is 14.8. The Morgan fingerprint density at radius 1 is 1.19 bits per heavy atom. The van der Waals surface area contributed by atoms with E-state index in [1.165, 1.54) is 11.8 Å². The fraction of sp³-hybridized carbons (Fsp3) is 0.200. The van der Waals surface area contributed by atoms with E-state index in [0.29, 0.717) is 6.54 Å². The lowest BCUT2D eigenvalue weighted by atomic mass is 10.2. The molecule has 0 unspecified atom stereocenters. The molecule has 5 nitrogen and oxygen atoms in total. The van der Waals surface area contributed by atoms with E-state index in [-0.39, 0.29) is 11.2 Å². The van der Waals surface area contributed by atoms with Crippen molar-refractivity contribution < 1.29 is 9.53 Å². The maximum atomic E-state index is 12.3. The molecule has 3 rings (SSSR count). The van der Waals surface area contributed by atoms with E-state index in [1.807, 2.05) is 66.2 Å². The molecule has 0 aliphatic heterocycles. The van der Waals surface area contributed by atoms with E-state index in [9.17, 15) is 4.79 Å². The molecule has 1 aromatic heterocycles. The van der Waals surface area contributed by atoms with Gasteiger partial charge in [-0.1, -0.05) is 12.1 Å². The number of hydrogen-bond donors (Lipinski definition) is 1. The molecule has 1 N–H and O–H groups in total. The summed E-state index contributed by atoms with van der Waals surface area (Å²) in [6.07, 6.45) is 5.40. The molecule has 134 valence electrons. The lowest BCUT2D eigenvalue weighted by Crippen LogP contribution is -2.30. The van der Waals surface area contributed by atoms with Crippen molar-refractivity contribution in [3.05, 3.63) is 72.8 Å². The lowest BCUT2D eigenvalue weighted by Gasteiger charge is -2.12. The van der Waals surface area contributed by atoms with Crippen molar-refractivity contribution in [2.45, 2.75) is 23.6 Å². The van der Waals surface area contributed by atoms with Crippen molar-refractivity contribution in [2.75, 3.05) is 7.11 Å². The minimum Gasteiger partial charge on any atom is -0.497 e. The predicted octanol–water partition coefficient (Wildman–Crippen LogP) is 3.68. The van der Waals surface area contributed by atoms with Gasteiger partial charge in [-0.3, -0.25) is 4.79 Å². The third-order valence-corrected chi connectivity index (χ3v) is 5.06. The van der Waals surface area contributed by atoms with E-state index in [0.717, 1.165) is 21.9 Å². The molecule has 0 saturated heterocycles. The van der Waals surface area contributed by atoms with Crippen LogP contribution in [0, 0.1) is 0 Å². The fourth-order valence-corrected chi connectivity index (χ4v) is 3.33. The van der Waals surface area contributed by atoms with Crippen LogP contribution >= 0.6 is 11.8 Å². The molecule has 0 bridgehead atoms. The zero-order valence-corrected chi connectivity index (χ0v) is 15.6. The number of carbonyl (C=O) groups is 1. The minimum atomic E-state index is -0.173. The number of thioether (sulfide) groups is 1. The van der Waals surface area contributed by atoms with Gasteiger partial charge in [0.25, 0.3) is 0 Å². The Morgan fingerprint density at radius 3 is 2.54 bits per heavy atom. The van der Waals surface area contributed by atoms with E-state index in [2.05, 4.69) is 10.3 Å². The van der Waals surface area contributed by atoms with Gasteiger partial charge in [-0.05, 0) is 48.9 Å². The Kier molecular flexibility index (Phi) is 5.96. The quantitative estimate of drug-likeness (QED) is 0.647. The summed E-state index contributed by atoms with van der Waals surface area (Å²) in [5.41, 5.74) is 2.10. The molecule has 0 spiro atoms. The number of imidazole rings is 1. The second kappa shape index (κ2) is 8.58. The number of hydrogen-bond acceptors (Lipinski definition) is 4. The average molecular weight is 367 g/mol. The van der Waals surface area contributed by atoms with Crippen LogP contribution in [-0.4, -0.2) is 27.8 Å². The van der Waals surface area contributed by atoms with Crippen LogP contribution in [0.2, 0.25) is 0 Å². The van der Waals surface area contributed by atoms with Gasteiger partial charge in [0.05, 0.1) is 18.7 Å². The van der Waals surface area contributed by atoms with Crippen molar-refractivity contribution >= 4 is 17.7 Å². The Bertz CT molecular complexity index is 831.